The summed E-state index contributed by atoms with van der Waals surface area (Å²) in [5, 5.41) is 3.02. The Morgan fingerprint density at radius 2 is 1.73 bits per heavy atom. The molecule has 5 heterocycles. The van der Waals surface area contributed by atoms with Gasteiger partial charge in [0, 0.05) is 18.1 Å². The zero-order valence-electron chi connectivity index (χ0n) is 19.6. The molecule has 7 heteroatoms. The van der Waals surface area contributed by atoms with Crippen LogP contribution in [-0.4, -0.2) is 33.4 Å². The summed E-state index contributed by atoms with van der Waals surface area (Å²) < 4.78 is 5.55. The summed E-state index contributed by atoms with van der Waals surface area (Å²) in [6.45, 7) is 0. The lowest BCUT2D eigenvalue weighted by Crippen LogP contribution is -2.49. The van der Waals surface area contributed by atoms with Crippen molar-refractivity contribution in [2.75, 3.05) is 5.32 Å². The summed E-state index contributed by atoms with van der Waals surface area (Å²) in [6.07, 6.45) is 6.74. The Balaban J connectivity index is 1.55. The first-order valence-corrected chi connectivity index (χ1v) is 12.1. The van der Waals surface area contributed by atoms with Crippen LogP contribution in [0.4, 0.5) is 5.69 Å². The quantitative estimate of drug-likeness (QED) is 0.421. The highest BCUT2D eigenvalue weighted by molar-refractivity contribution is 6.16. The minimum Gasteiger partial charge on any atom is -0.461 e. The first kappa shape index (κ1) is 21.5. The van der Waals surface area contributed by atoms with Crippen LogP contribution >= 0.6 is 0 Å². The minimum atomic E-state index is -1.38. The molecule has 3 aliphatic heterocycles. The normalized spacial score (nSPS) is 24.9. The van der Waals surface area contributed by atoms with Gasteiger partial charge in [0.15, 0.2) is 5.76 Å². The fourth-order valence-electron chi connectivity index (χ4n) is 6.40. The van der Waals surface area contributed by atoms with E-state index in [0.717, 1.165) is 11.1 Å². The number of pyridine rings is 1. The molecule has 4 aromatic rings. The third kappa shape index (κ3) is 2.82. The number of rotatable bonds is 4. The van der Waals surface area contributed by atoms with Gasteiger partial charge in [0.2, 0.25) is 17.5 Å². The van der Waals surface area contributed by atoms with Crippen molar-refractivity contribution in [1.82, 2.24) is 9.88 Å². The lowest BCUT2D eigenvalue weighted by molar-refractivity contribution is -0.122. The number of carbonyl (C=O) groups is 3. The third-order valence-corrected chi connectivity index (χ3v) is 7.80. The fraction of sp³-hybridized carbons (Fsp3) is 0.133. The van der Waals surface area contributed by atoms with Crippen molar-refractivity contribution in [3.63, 3.8) is 0 Å². The number of nitrogens with zero attached hydrogens (tertiary/aromatic N) is 2. The van der Waals surface area contributed by atoms with Gasteiger partial charge >= 0.3 is 0 Å². The summed E-state index contributed by atoms with van der Waals surface area (Å²) in [4.78, 5) is 49.0. The number of benzene rings is 2. The standard InChI is InChI=1S/C30H21N3O4/c34-26(22-12-5-6-15-31-22)25-24(27(35)23-13-7-17-37-23)30(20-10-3-4-11-21(20)32-29(30)36)28-19-9-2-1-8-18(19)14-16-33(25)28/h1-17,24-25,28H,(H,32,36). The number of hydrogen-bond acceptors (Lipinski definition) is 6. The molecule has 37 heavy (non-hydrogen) atoms. The van der Waals surface area contributed by atoms with Crippen LogP contribution in [-0.2, 0) is 10.2 Å². The predicted octanol–water partition coefficient (Wildman–Crippen LogP) is 4.66. The molecule has 1 saturated heterocycles. The van der Waals surface area contributed by atoms with Crippen molar-refractivity contribution in [2.24, 2.45) is 5.92 Å². The van der Waals surface area contributed by atoms with Crippen LogP contribution in [0, 0.1) is 5.92 Å². The molecule has 2 aromatic heterocycles. The van der Waals surface area contributed by atoms with Crippen molar-refractivity contribution in [3.05, 3.63) is 126 Å². The Morgan fingerprint density at radius 1 is 0.919 bits per heavy atom. The lowest BCUT2D eigenvalue weighted by atomic mass is 9.63. The molecule has 7 rings (SSSR count). The van der Waals surface area contributed by atoms with Gasteiger partial charge in [0.1, 0.15) is 17.2 Å². The van der Waals surface area contributed by atoms with E-state index in [9.17, 15) is 14.4 Å². The molecule has 0 radical (unpaired) electrons. The van der Waals surface area contributed by atoms with E-state index in [1.54, 1.807) is 36.5 Å². The van der Waals surface area contributed by atoms with E-state index in [1.807, 2.05) is 65.7 Å². The minimum absolute atomic E-state index is 0.109. The molecule has 7 nitrogen and oxygen atoms in total. The first-order valence-electron chi connectivity index (χ1n) is 12.1. The number of ketones is 2. The second kappa shape index (κ2) is 7.86. The average molecular weight is 488 g/mol. The van der Waals surface area contributed by atoms with E-state index in [2.05, 4.69) is 10.3 Å². The number of nitrogens with one attached hydrogen (secondary N) is 1. The van der Waals surface area contributed by atoms with E-state index in [-0.39, 0.29) is 23.1 Å². The monoisotopic (exact) mass is 487 g/mol. The highest BCUT2D eigenvalue weighted by atomic mass is 16.3. The molecule has 2 aromatic carbocycles. The number of fused-ring (bicyclic) bond motifs is 6. The van der Waals surface area contributed by atoms with Crippen LogP contribution in [0.3, 0.4) is 0 Å². The number of para-hydroxylation sites is 1. The van der Waals surface area contributed by atoms with Crippen molar-refractivity contribution in [1.29, 1.82) is 0 Å². The molecular weight excluding hydrogens is 466 g/mol. The van der Waals surface area contributed by atoms with Gasteiger partial charge < -0.3 is 14.6 Å². The van der Waals surface area contributed by atoms with Crippen LogP contribution in [0.2, 0.25) is 0 Å². The zero-order valence-corrected chi connectivity index (χ0v) is 19.6. The van der Waals surface area contributed by atoms with Gasteiger partial charge in [-0.2, -0.15) is 0 Å². The summed E-state index contributed by atoms with van der Waals surface area (Å²) >= 11 is 0. The van der Waals surface area contributed by atoms with Crippen LogP contribution < -0.4 is 5.32 Å². The van der Waals surface area contributed by atoms with Gasteiger partial charge in [0.25, 0.3) is 0 Å². The summed E-state index contributed by atoms with van der Waals surface area (Å²) in [6, 6.07) is 22.0. The number of Topliss-reactive ketones (excluding diaryl/α,β-unsaturated/α-hetero) is 2. The van der Waals surface area contributed by atoms with Crippen molar-refractivity contribution >= 4 is 29.2 Å². The fourth-order valence-corrected chi connectivity index (χ4v) is 6.40. The van der Waals surface area contributed by atoms with Gasteiger partial charge in [-0.05, 0) is 53.1 Å². The summed E-state index contributed by atoms with van der Waals surface area (Å²) in [5.74, 6) is -2.00. The van der Waals surface area contributed by atoms with Gasteiger partial charge in [-0.3, -0.25) is 19.4 Å². The molecule has 0 bridgehead atoms. The van der Waals surface area contributed by atoms with E-state index < -0.39 is 29.2 Å². The maximum atomic E-state index is 14.3. The molecule has 180 valence electrons. The lowest BCUT2D eigenvalue weighted by Gasteiger charge is -2.38. The van der Waals surface area contributed by atoms with Gasteiger partial charge in [-0.25, -0.2) is 0 Å². The molecule has 4 unspecified atom stereocenters. The van der Waals surface area contributed by atoms with Gasteiger partial charge in [-0.15, -0.1) is 0 Å². The van der Waals surface area contributed by atoms with Crippen molar-refractivity contribution in [2.45, 2.75) is 17.5 Å². The van der Waals surface area contributed by atoms with Crippen LogP contribution in [0.25, 0.3) is 6.08 Å². The number of furan rings is 1. The van der Waals surface area contributed by atoms with E-state index in [0.29, 0.717) is 11.3 Å². The largest absolute Gasteiger partial charge is 0.461 e. The number of carbonyl (C=O) groups excluding carboxylic acids is 3. The molecule has 3 aliphatic rings. The van der Waals surface area contributed by atoms with Crippen LogP contribution in [0.1, 0.15) is 43.8 Å². The molecule has 4 atom stereocenters. The summed E-state index contributed by atoms with van der Waals surface area (Å²) in [7, 11) is 0. The number of aromatic nitrogens is 1. The smallest absolute Gasteiger partial charge is 0.238 e. The van der Waals surface area contributed by atoms with Gasteiger partial charge in [0.05, 0.1) is 18.2 Å². The molecule has 0 aliphatic carbocycles. The van der Waals surface area contributed by atoms with Crippen LogP contribution in [0.15, 0.2) is 102 Å². The van der Waals surface area contributed by atoms with Crippen molar-refractivity contribution < 1.29 is 18.8 Å². The number of amides is 1. The maximum Gasteiger partial charge on any atom is 0.238 e. The SMILES string of the molecule is O=C(c1ccccn1)C1C(C(=O)c2ccco2)C2(C(=O)Nc3ccccc32)C2c3ccccc3C=CN12. The Hall–Kier alpha value is -4.78. The highest BCUT2D eigenvalue weighted by Gasteiger charge is 2.71. The molecule has 1 fully saturated rings. The predicted molar refractivity (Wildman–Crippen MR) is 136 cm³/mol. The molecule has 1 N–H and O–H groups in total. The topological polar surface area (TPSA) is 92.5 Å². The van der Waals surface area contributed by atoms with Crippen molar-refractivity contribution in [3.8, 4) is 0 Å². The Morgan fingerprint density at radius 3 is 2.54 bits per heavy atom. The molecule has 1 amide bonds. The van der Waals surface area contributed by atoms with E-state index in [4.69, 9.17) is 4.42 Å². The summed E-state index contributed by atoms with van der Waals surface area (Å²) in [5.41, 5.74) is 2.01. The number of hydrogen-bond donors (Lipinski definition) is 1. The second-order valence-corrected chi connectivity index (χ2v) is 9.51. The molecule has 0 saturated carbocycles. The maximum absolute atomic E-state index is 14.3. The Labute approximate surface area is 212 Å². The molecular formula is C30H21N3O4. The average Bonchev–Trinajstić information content (AvgIpc) is 3.65. The second-order valence-electron chi connectivity index (χ2n) is 9.51. The third-order valence-electron chi connectivity index (χ3n) is 7.80. The van der Waals surface area contributed by atoms with Crippen LogP contribution in [0.5, 0.6) is 0 Å². The highest BCUT2D eigenvalue weighted by Crippen LogP contribution is 2.62. The number of anilines is 1. The Kier molecular flexibility index (Phi) is 4.57. The first-order chi connectivity index (χ1) is 18.1. The van der Waals surface area contributed by atoms with E-state index >= 15 is 0 Å². The molecule has 1 spiro atoms. The Bertz CT molecular complexity index is 1590. The zero-order chi connectivity index (χ0) is 25.1. The van der Waals surface area contributed by atoms with Gasteiger partial charge in [-0.1, -0.05) is 48.5 Å². The van der Waals surface area contributed by atoms with E-state index in [1.165, 1.54) is 6.26 Å².